The number of rotatable bonds is 3. The topological polar surface area (TPSA) is 77.0 Å². The van der Waals surface area contributed by atoms with Gasteiger partial charge in [0.15, 0.2) is 6.17 Å². The highest BCUT2D eigenvalue weighted by atomic mass is 35.5. The molecular weight excluding hydrogens is 354 g/mol. The highest BCUT2D eigenvalue weighted by Gasteiger charge is 2.50. The standard InChI is InChI=1S/C18H22ClN5O2/c1-11-21-22-17-18(26)23(14-7-2-3-8-15(14)24(11)17)10-16(25)20-13-6-4-5-12(19)9-13/h4-6,9,14-15,17,22H,2-3,7-8,10H2,1H3,(H,20,25). The summed E-state index contributed by atoms with van der Waals surface area (Å²) in [4.78, 5) is 29.4. The molecule has 3 aliphatic rings. The Kier molecular flexibility index (Phi) is 4.48. The van der Waals surface area contributed by atoms with Crippen molar-refractivity contribution in [3.63, 3.8) is 0 Å². The lowest BCUT2D eigenvalue weighted by Gasteiger charge is -2.50. The van der Waals surface area contributed by atoms with Crippen molar-refractivity contribution in [2.75, 3.05) is 11.9 Å². The van der Waals surface area contributed by atoms with Crippen LogP contribution < -0.4 is 10.7 Å². The van der Waals surface area contributed by atoms with Gasteiger partial charge >= 0.3 is 0 Å². The summed E-state index contributed by atoms with van der Waals surface area (Å²) in [6.07, 6.45) is 3.64. The number of carbonyl (C=O) groups excluding carboxylic acids is 2. The molecule has 1 aromatic carbocycles. The van der Waals surface area contributed by atoms with Crippen LogP contribution in [0.5, 0.6) is 0 Å². The van der Waals surface area contributed by atoms with Crippen LogP contribution in [-0.4, -0.2) is 52.2 Å². The number of benzene rings is 1. The molecule has 3 atom stereocenters. The Morgan fingerprint density at radius 2 is 2.12 bits per heavy atom. The minimum atomic E-state index is -0.492. The SMILES string of the molecule is CC1=NNC2C(=O)N(CC(=O)Nc3cccc(Cl)c3)C3CCCCC3N12. The van der Waals surface area contributed by atoms with E-state index in [9.17, 15) is 9.59 Å². The van der Waals surface area contributed by atoms with Gasteiger partial charge in [0.05, 0.1) is 12.1 Å². The van der Waals surface area contributed by atoms with Crippen LogP contribution in [0.3, 0.4) is 0 Å². The molecule has 2 aliphatic heterocycles. The second-order valence-electron chi connectivity index (χ2n) is 7.04. The molecule has 7 nitrogen and oxygen atoms in total. The zero-order valence-corrected chi connectivity index (χ0v) is 15.4. The lowest BCUT2D eigenvalue weighted by atomic mass is 9.85. The van der Waals surface area contributed by atoms with Crippen molar-refractivity contribution < 1.29 is 9.59 Å². The van der Waals surface area contributed by atoms with Crippen LogP contribution in [0.25, 0.3) is 0 Å². The first kappa shape index (κ1) is 17.1. The normalized spacial score (nSPS) is 27.4. The largest absolute Gasteiger partial charge is 0.325 e. The van der Waals surface area contributed by atoms with E-state index in [0.29, 0.717) is 10.7 Å². The van der Waals surface area contributed by atoms with Crippen LogP contribution in [0.1, 0.15) is 32.6 Å². The second kappa shape index (κ2) is 6.79. The average Bonchev–Trinajstić information content (AvgIpc) is 3.01. The van der Waals surface area contributed by atoms with Crippen LogP contribution in [-0.2, 0) is 9.59 Å². The number of carbonyl (C=O) groups is 2. The third-order valence-corrected chi connectivity index (χ3v) is 5.63. The Balaban J connectivity index is 1.51. The molecule has 8 heteroatoms. The molecule has 0 spiro atoms. The fourth-order valence-electron chi connectivity index (χ4n) is 4.28. The first-order valence-electron chi connectivity index (χ1n) is 8.98. The van der Waals surface area contributed by atoms with Gasteiger partial charge in [-0.3, -0.25) is 15.0 Å². The molecule has 2 heterocycles. The predicted octanol–water partition coefficient (Wildman–Crippen LogP) is 2.00. The number of fused-ring (bicyclic) bond motifs is 3. The molecule has 0 radical (unpaired) electrons. The number of nitrogens with zero attached hydrogens (tertiary/aromatic N) is 3. The lowest BCUT2D eigenvalue weighted by Crippen LogP contribution is -2.69. The fourth-order valence-corrected chi connectivity index (χ4v) is 4.47. The number of hydrogen-bond acceptors (Lipinski definition) is 5. The number of piperazine rings is 1. The molecule has 0 aromatic heterocycles. The maximum atomic E-state index is 13.0. The molecule has 1 aromatic rings. The molecule has 1 saturated carbocycles. The summed E-state index contributed by atoms with van der Waals surface area (Å²) in [5.41, 5.74) is 3.56. The lowest BCUT2D eigenvalue weighted by molar-refractivity contribution is -0.151. The van der Waals surface area contributed by atoms with Gasteiger partial charge in [-0.1, -0.05) is 30.5 Å². The molecule has 2 fully saturated rings. The second-order valence-corrected chi connectivity index (χ2v) is 7.48. The van der Waals surface area contributed by atoms with E-state index in [2.05, 4.69) is 20.7 Å². The van der Waals surface area contributed by atoms with E-state index < -0.39 is 6.17 Å². The average molecular weight is 376 g/mol. The van der Waals surface area contributed by atoms with Crippen molar-refractivity contribution >= 4 is 34.9 Å². The van der Waals surface area contributed by atoms with Gasteiger partial charge in [-0.05, 0) is 38.0 Å². The van der Waals surface area contributed by atoms with Crippen molar-refractivity contribution in [1.82, 2.24) is 15.2 Å². The number of hydrogen-bond donors (Lipinski definition) is 2. The van der Waals surface area contributed by atoms with Crippen LogP contribution in [0.15, 0.2) is 29.4 Å². The van der Waals surface area contributed by atoms with E-state index in [0.717, 1.165) is 31.5 Å². The van der Waals surface area contributed by atoms with Gasteiger partial charge in [-0.2, -0.15) is 5.10 Å². The molecule has 4 rings (SSSR count). The summed E-state index contributed by atoms with van der Waals surface area (Å²) in [6.45, 7) is 1.96. The minimum Gasteiger partial charge on any atom is -0.325 e. The monoisotopic (exact) mass is 375 g/mol. The number of hydrazone groups is 1. The first-order valence-corrected chi connectivity index (χ1v) is 9.36. The van der Waals surface area contributed by atoms with Gasteiger partial charge < -0.3 is 15.1 Å². The molecule has 138 valence electrons. The number of halogens is 1. The summed E-state index contributed by atoms with van der Waals surface area (Å²) < 4.78 is 0. The third-order valence-electron chi connectivity index (χ3n) is 5.39. The van der Waals surface area contributed by atoms with E-state index in [1.807, 2.05) is 6.92 Å². The van der Waals surface area contributed by atoms with Crippen LogP contribution in [0.4, 0.5) is 5.69 Å². The van der Waals surface area contributed by atoms with Crippen molar-refractivity contribution in [3.05, 3.63) is 29.3 Å². The van der Waals surface area contributed by atoms with E-state index in [-0.39, 0.29) is 30.4 Å². The van der Waals surface area contributed by atoms with E-state index >= 15 is 0 Å². The number of amidine groups is 1. The van der Waals surface area contributed by atoms with Gasteiger partial charge in [0.2, 0.25) is 5.91 Å². The molecule has 1 aliphatic carbocycles. The van der Waals surface area contributed by atoms with Crippen molar-refractivity contribution in [2.24, 2.45) is 5.10 Å². The van der Waals surface area contributed by atoms with Crippen LogP contribution in [0, 0.1) is 0 Å². The quantitative estimate of drug-likeness (QED) is 0.847. The summed E-state index contributed by atoms with van der Waals surface area (Å²) in [6, 6.07) is 7.26. The zero-order valence-electron chi connectivity index (χ0n) is 14.6. The fraction of sp³-hybridized carbons (Fsp3) is 0.500. The summed E-state index contributed by atoms with van der Waals surface area (Å²) in [5, 5.41) is 7.64. The van der Waals surface area contributed by atoms with Crippen molar-refractivity contribution in [1.29, 1.82) is 0 Å². The van der Waals surface area contributed by atoms with Crippen LogP contribution >= 0.6 is 11.6 Å². The highest BCUT2D eigenvalue weighted by molar-refractivity contribution is 6.30. The molecular formula is C18H22ClN5O2. The smallest absolute Gasteiger partial charge is 0.268 e. The van der Waals surface area contributed by atoms with Gasteiger partial charge in [0, 0.05) is 10.7 Å². The first-order chi connectivity index (χ1) is 12.5. The Bertz CT molecular complexity index is 768. The minimum absolute atomic E-state index is 0.0393. The summed E-state index contributed by atoms with van der Waals surface area (Å²) in [7, 11) is 0. The van der Waals surface area contributed by atoms with Gasteiger partial charge in [0.25, 0.3) is 5.91 Å². The molecule has 3 unspecified atom stereocenters. The van der Waals surface area contributed by atoms with Gasteiger partial charge in [-0.15, -0.1) is 0 Å². The summed E-state index contributed by atoms with van der Waals surface area (Å²) in [5.74, 6) is 0.548. The molecule has 2 amide bonds. The van der Waals surface area contributed by atoms with Gasteiger partial charge in [0.1, 0.15) is 12.4 Å². The van der Waals surface area contributed by atoms with Gasteiger partial charge in [-0.25, -0.2) is 0 Å². The Labute approximate surface area is 157 Å². The van der Waals surface area contributed by atoms with Crippen molar-refractivity contribution in [3.8, 4) is 0 Å². The van der Waals surface area contributed by atoms with E-state index in [4.69, 9.17) is 11.6 Å². The maximum absolute atomic E-state index is 13.0. The van der Waals surface area contributed by atoms with E-state index in [1.54, 1.807) is 29.2 Å². The van der Waals surface area contributed by atoms with Crippen LogP contribution in [0.2, 0.25) is 5.02 Å². The Morgan fingerprint density at radius 3 is 2.88 bits per heavy atom. The maximum Gasteiger partial charge on any atom is 0.268 e. The number of amides is 2. The Hall–Kier alpha value is -2.28. The van der Waals surface area contributed by atoms with Crippen molar-refractivity contribution in [2.45, 2.75) is 50.9 Å². The highest BCUT2D eigenvalue weighted by Crippen LogP contribution is 2.34. The molecule has 2 N–H and O–H groups in total. The molecule has 0 bridgehead atoms. The predicted molar refractivity (Wildman–Crippen MR) is 99.7 cm³/mol. The molecule has 26 heavy (non-hydrogen) atoms. The number of anilines is 1. The number of nitrogens with one attached hydrogen (secondary N) is 2. The molecule has 1 saturated heterocycles. The zero-order chi connectivity index (χ0) is 18.3. The summed E-state index contributed by atoms with van der Waals surface area (Å²) >= 11 is 5.97. The third kappa shape index (κ3) is 3.00. The Morgan fingerprint density at radius 1 is 1.35 bits per heavy atom. The van der Waals surface area contributed by atoms with E-state index in [1.165, 1.54) is 0 Å².